The topological polar surface area (TPSA) is 105 Å². The van der Waals surface area contributed by atoms with E-state index >= 15 is 0 Å². The van der Waals surface area contributed by atoms with Crippen LogP contribution in [-0.2, 0) is 26.2 Å². The summed E-state index contributed by atoms with van der Waals surface area (Å²) in [7, 11) is -1.29. The minimum absolute atomic E-state index is 0.0332. The van der Waals surface area contributed by atoms with E-state index in [9.17, 15) is 22.4 Å². The van der Waals surface area contributed by atoms with E-state index in [1.807, 2.05) is 0 Å². The summed E-state index contributed by atoms with van der Waals surface area (Å²) in [6, 6.07) is 16.7. The first-order valence-electron chi connectivity index (χ1n) is 12.8. The average molecular weight is 572 g/mol. The van der Waals surface area contributed by atoms with Crippen LogP contribution in [0.15, 0.2) is 77.7 Å². The Morgan fingerprint density at radius 3 is 2.15 bits per heavy atom. The molecule has 1 N–H and O–H groups in total. The summed E-state index contributed by atoms with van der Waals surface area (Å²) >= 11 is 0. The first kappa shape index (κ1) is 30.4. The largest absolute Gasteiger partial charge is 0.497 e. The molecule has 0 saturated heterocycles. The number of methoxy groups -OCH3 is 2. The highest BCUT2D eigenvalue weighted by molar-refractivity contribution is 7.92. The minimum Gasteiger partial charge on any atom is -0.497 e. The van der Waals surface area contributed by atoms with Gasteiger partial charge in [0.25, 0.3) is 10.0 Å². The fraction of sp³-hybridized carbons (Fsp3) is 0.310. The Bertz CT molecular complexity index is 1400. The number of ether oxygens (including phenoxy) is 2. The van der Waals surface area contributed by atoms with E-state index in [0.717, 1.165) is 16.4 Å². The summed E-state index contributed by atoms with van der Waals surface area (Å²) < 4.78 is 52.7. The van der Waals surface area contributed by atoms with Gasteiger partial charge in [0, 0.05) is 13.1 Å². The number of hydrogen-bond acceptors (Lipinski definition) is 6. The van der Waals surface area contributed by atoms with Gasteiger partial charge in [0.15, 0.2) is 0 Å². The Kier molecular flexibility index (Phi) is 10.5. The fourth-order valence-corrected chi connectivity index (χ4v) is 5.60. The number of anilines is 1. The maximum atomic E-state index is 14.0. The smallest absolute Gasteiger partial charge is 0.264 e. The predicted octanol–water partition coefficient (Wildman–Crippen LogP) is 3.98. The summed E-state index contributed by atoms with van der Waals surface area (Å²) in [5.74, 6) is -0.486. The molecule has 1 unspecified atom stereocenters. The monoisotopic (exact) mass is 571 g/mol. The van der Waals surface area contributed by atoms with E-state index in [0.29, 0.717) is 30.0 Å². The van der Waals surface area contributed by atoms with Gasteiger partial charge < -0.3 is 19.7 Å². The third-order valence-corrected chi connectivity index (χ3v) is 8.05. The Labute approximate surface area is 234 Å². The Morgan fingerprint density at radius 1 is 0.925 bits per heavy atom. The molecule has 0 spiro atoms. The number of nitrogens with one attached hydrogen (secondary N) is 1. The lowest BCUT2D eigenvalue weighted by Gasteiger charge is -2.33. The molecular formula is C29H34FN3O6S. The average Bonchev–Trinajstić information content (AvgIpc) is 2.96. The van der Waals surface area contributed by atoms with Crippen LogP contribution in [-0.4, -0.2) is 58.5 Å². The molecule has 0 aliphatic rings. The number of carbonyl (C=O) groups excluding carboxylic acids is 2. The van der Waals surface area contributed by atoms with Gasteiger partial charge in [-0.15, -0.1) is 0 Å². The second-order valence-electron chi connectivity index (χ2n) is 8.86. The van der Waals surface area contributed by atoms with Crippen LogP contribution in [0.5, 0.6) is 11.5 Å². The molecule has 9 nitrogen and oxygen atoms in total. The van der Waals surface area contributed by atoms with Crippen molar-refractivity contribution in [2.24, 2.45) is 0 Å². The van der Waals surface area contributed by atoms with Crippen LogP contribution in [0.25, 0.3) is 0 Å². The number of sulfonamides is 1. The van der Waals surface area contributed by atoms with Gasteiger partial charge in [0.1, 0.15) is 29.9 Å². The predicted molar refractivity (Wildman–Crippen MR) is 150 cm³/mol. The number of likely N-dealkylation sites (N-methyl/N-ethyl adjacent to an activating group) is 1. The molecule has 214 valence electrons. The lowest BCUT2D eigenvalue weighted by molar-refractivity contribution is -0.140. The van der Waals surface area contributed by atoms with Gasteiger partial charge >= 0.3 is 0 Å². The van der Waals surface area contributed by atoms with Crippen LogP contribution in [0.1, 0.15) is 25.8 Å². The number of benzene rings is 3. The minimum atomic E-state index is -4.28. The molecule has 0 fully saturated rings. The number of nitrogens with zero attached hydrogens (tertiary/aromatic N) is 2. The SMILES string of the molecule is CCNC(=O)C(CC)N(Cc1cccc(OC)c1)C(=O)CN(c1ccc(F)cc1)S(=O)(=O)c1ccc(OC)cc1. The van der Waals surface area contributed by atoms with Crippen LogP contribution in [0, 0.1) is 5.82 Å². The fourth-order valence-electron chi connectivity index (χ4n) is 4.19. The zero-order valence-electron chi connectivity index (χ0n) is 23.0. The van der Waals surface area contributed by atoms with Crippen LogP contribution in [0.2, 0.25) is 0 Å². The molecule has 11 heteroatoms. The molecule has 2 amide bonds. The van der Waals surface area contributed by atoms with E-state index < -0.39 is 34.3 Å². The van der Waals surface area contributed by atoms with Crippen molar-refractivity contribution in [3.8, 4) is 11.5 Å². The second kappa shape index (κ2) is 13.8. The van der Waals surface area contributed by atoms with Crippen LogP contribution >= 0.6 is 0 Å². The van der Waals surface area contributed by atoms with Crippen LogP contribution < -0.4 is 19.1 Å². The standard InChI is InChI=1S/C29H34FN3O6S/c1-5-27(29(35)31-6-2)32(19-21-8-7-9-25(18-21)39-4)28(34)20-33(23-12-10-22(30)11-13-23)40(36,37)26-16-14-24(38-3)15-17-26/h7-18,27H,5-6,19-20H2,1-4H3,(H,31,35). The van der Waals surface area contributed by atoms with E-state index in [4.69, 9.17) is 9.47 Å². The Balaban J connectivity index is 2.06. The van der Waals surface area contributed by atoms with Gasteiger partial charge in [-0.25, -0.2) is 12.8 Å². The number of amides is 2. The molecule has 0 aliphatic heterocycles. The van der Waals surface area contributed by atoms with E-state index in [-0.39, 0.29) is 23.0 Å². The van der Waals surface area contributed by atoms with Gasteiger partial charge in [-0.3, -0.25) is 13.9 Å². The maximum absolute atomic E-state index is 14.0. The molecule has 3 aromatic rings. The molecule has 0 aliphatic carbocycles. The van der Waals surface area contributed by atoms with Gasteiger partial charge in [-0.2, -0.15) is 0 Å². The van der Waals surface area contributed by atoms with Gasteiger partial charge in [-0.1, -0.05) is 19.1 Å². The molecule has 3 aromatic carbocycles. The molecule has 0 heterocycles. The molecule has 0 saturated carbocycles. The molecule has 40 heavy (non-hydrogen) atoms. The molecular weight excluding hydrogens is 537 g/mol. The third kappa shape index (κ3) is 7.29. The molecule has 0 bridgehead atoms. The summed E-state index contributed by atoms with van der Waals surface area (Å²) in [4.78, 5) is 28.2. The van der Waals surface area contributed by atoms with E-state index in [1.54, 1.807) is 38.1 Å². The van der Waals surface area contributed by atoms with Crippen molar-refractivity contribution in [3.05, 3.63) is 84.2 Å². The Hall–Kier alpha value is -4.12. The molecule has 0 radical (unpaired) electrons. The van der Waals surface area contributed by atoms with Crippen molar-refractivity contribution in [2.75, 3.05) is 31.6 Å². The van der Waals surface area contributed by atoms with E-state index in [1.165, 1.54) is 55.5 Å². The van der Waals surface area contributed by atoms with Crippen molar-refractivity contribution in [3.63, 3.8) is 0 Å². The second-order valence-corrected chi connectivity index (χ2v) is 10.7. The number of hydrogen-bond donors (Lipinski definition) is 1. The highest BCUT2D eigenvalue weighted by atomic mass is 32.2. The highest BCUT2D eigenvalue weighted by Gasteiger charge is 2.33. The highest BCUT2D eigenvalue weighted by Crippen LogP contribution is 2.26. The van der Waals surface area contributed by atoms with Gasteiger partial charge in [0.2, 0.25) is 11.8 Å². The summed E-state index contributed by atoms with van der Waals surface area (Å²) in [6.45, 7) is 3.32. The number of rotatable bonds is 13. The number of halogens is 1. The normalized spacial score (nSPS) is 11.8. The van der Waals surface area contributed by atoms with Crippen molar-refractivity contribution >= 4 is 27.5 Å². The molecule has 1 atom stereocenters. The first-order valence-corrected chi connectivity index (χ1v) is 14.2. The van der Waals surface area contributed by atoms with Crippen molar-refractivity contribution in [1.82, 2.24) is 10.2 Å². The molecule has 0 aromatic heterocycles. The van der Waals surface area contributed by atoms with Crippen LogP contribution in [0.4, 0.5) is 10.1 Å². The van der Waals surface area contributed by atoms with Crippen LogP contribution in [0.3, 0.4) is 0 Å². The summed E-state index contributed by atoms with van der Waals surface area (Å²) in [6.07, 6.45) is 0.295. The summed E-state index contributed by atoms with van der Waals surface area (Å²) in [5.41, 5.74) is 0.791. The quantitative estimate of drug-likeness (QED) is 0.333. The summed E-state index contributed by atoms with van der Waals surface area (Å²) in [5, 5.41) is 2.76. The first-order chi connectivity index (χ1) is 19.1. The van der Waals surface area contributed by atoms with Crippen molar-refractivity contribution < 1.29 is 31.9 Å². The third-order valence-electron chi connectivity index (χ3n) is 6.26. The number of carbonyl (C=O) groups is 2. The Morgan fingerprint density at radius 2 is 1.57 bits per heavy atom. The van der Waals surface area contributed by atoms with Gasteiger partial charge in [-0.05, 0) is 79.6 Å². The zero-order chi connectivity index (χ0) is 29.3. The van der Waals surface area contributed by atoms with Gasteiger partial charge in [0.05, 0.1) is 24.8 Å². The van der Waals surface area contributed by atoms with E-state index in [2.05, 4.69) is 5.32 Å². The lowest BCUT2D eigenvalue weighted by Crippen LogP contribution is -2.52. The lowest BCUT2D eigenvalue weighted by atomic mass is 10.1. The van der Waals surface area contributed by atoms with Crippen molar-refractivity contribution in [2.45, 2.75) is 37.8 Å². The van der Waals surface area contributed by atoms with Crippen molar-refractivity contribution in [1.29, 1.82) is 0 Å². The maximum Gasteiger partial charge on any atom is 0.264 e. The zero-order valence-corrected chi connectivity index (χ0v) is 23.8. The molecule has 3 rings (SSSR count).